The first-order valence-corrected chi connectivity index (χ1v) is 12.9. The third-order valence-electron chi connectivity index (χ3n) is 4.98. The van der Waals surface area contributed by atoms with Gasteiger partial charge in [-0.15, -0.1) is 0 Å². The Morgan fingerprint density at radius 2 is 1.50 bits per heavy atom. The Balaban J connectivity index is 2.16. The average Bonchev–Trinajstić information content (AvgIpc) is 2.60. The van der Waals surface area contributed by atoms with Gasteiger partial charge in [-0.05, 0) is 26.7 Å². The molecule has 28 heavy (non-hydrogen) atoms. The van der Waals surface area contributed by atoms with Crippen molar-refractivity contribution in [3.63, 3.8) is 0 Å². The Morgan fingerprint density at radius 3 is 2.04 bits per heavy atom. The summed E-state index contributed by atoms with van der Waals surface area (Å²) in [5.74, 6) is -0.733. The molecule has 0 aliphatic carbocycles. The quantitative estimate of drug-likeness (QED) is 0.193. The normalized spacial score (nSPS) is 22.7. The second-order valence-electron chi connectivity index (χ2n) is 8.38. The molecule has 0 radical (unpaired) electrons. The van der Waals surface area contributed by atoms with Crippen LogP contribution in [0.2, 0.25) is 0 Å². The molecule has 0 spiro atoms. The standard InChI is InChI=1S/C22H42O5S/c1-5-6-7-8-9-10-11-12-13-14-15-16-17-18-20-21(27-28(4,23)24)19-25-22(2,3)26-20/h17-18,20-21H,5-16,19H2,1-4H3/b18-17+/t20-,21+/m0/s1. The summed E-state index contributed by atoms with van der Waals surface area (Å²) in [7, 11) is -3.55. The maximum atomic E-state index is 11.4. The van der Waals surface area contributed by atoms with Gasteiger partial charge in [-0.3, -0.25) is 4.18 Å². The van der Waals surface area contributed by atoms with Gasteiger partial charge in [0, 0.05) is 0 Å². The van der Waals surface area contributed by atoms with E-state index in [1.165, 1.54) is 64.2 Å². The van der Waals surface area contributed by atoms with E-state index < -0.39 is 28.1 Å². The van der Waals surface area contributed by atoms with Crippen molar-refractivity contribution in [2.24, 2.45) is 0 Å². The molecule has 6 heteroatoms. The molecule has 2 atom stereocenters. The largest absolute Gasteiger partial charge is 0.348 e. The maximum absolute atomic E-state index is 11.4. The summed E-state index contributed by atoms with van der Waals surface area (Å²) in [6.45, 7) is 6.12. The first-order chi connectivity index (χ1) is 13.2. The Kier molecular flexibility index (Phi) is 12.6. The summed E-state index contributed by atoms with van der Waals surface area (Å²) in [6, 6.07) is 0. The van der Waals surface area contributed by atoms with Gasteiger partial charge in [0.05, 0.1) is 12.9 Å². The summed E-state index contributed by atoms with van der Waals surface area (Å²) < 4.78 is 39.4. The molecule has 1 fully saturated rings. The van der Waals surface area contributed by atoms with Crippen LogP contribution in [0.4, 0.5) is 0 Å². The zero-order chi connectivity index (χ0) is 20.9. The zero-order valence-electron chi connectivity index (χ0n) is 18.5. The molecule has 0 aromatic carbocycles. The van der Waals surface area contributed by atoms with Crippen molar-refractivity contribution in [1.82, 2.24) is 0 Å². The van der Waals surface area contributed by atoms with Crippen LogP contribution in [-0.4, -0.2) is 39.3 Å². The van der Waals surface area contributed by atoms with Crippen molar-refractivity contribution in [3.8, 4) is 0 Å². The van der Waals surface area contributed by atoms with Crippen molar-refractivity contribution in [2.75, 3.05) is 12.9 Å². The molecule has 0 amide bonds. The first-order valence-electron chi connectivity index (χ1n) is 11.1. The van der Waals surface area contributed by atoms with Gasteiger partial charge < -0.3 is 9.47 Å². The van der Waals surface area contributed by atoms with Crippen LogP contribution in [0.1, 0.15) is 97.8 Å². The molecule has 1 saturated heterocycles. The van der Waals surface area contributed by atoms with E-state index >= 15 is 0 Å². The van der Waals surface area contributed by atoms with Crippen LogP contribution in [-0.2, 0) is 23.8 Å². The SMILES string of the molecule is CCCCCCCCCCCCC/C=C/[C@@H]1OC(C)(C)OC[C@H]1OS(C)(=O)=O. The molecule has 1 aliphatic heterocycles. The van der Waals surface area contributed by atoms with E-state index in [4.69, 9.17) is 13.7 Å². The number of hydrogen-bond acceptors (Lipinski definition) is 5. The Bertz CT molecular complexity index is 527. The molecule has 5 nitrogen and oxygen atoms in total. The minimum Gasteiger partial charge on any atom is -0.348 e. The molecule has 0 saturated carbocycles. The van der Waals surface area contributed by atoms with E-state index in [1.54, 1.807) is 0 Å². The van der Waals surface area contributed by atoms with Crippen LogP contribution in [0.15, 0.2) is 12.2 Å². The Morgan fingerprint density at radius 1 is 0.964 bits per heavy atom. The van der Waals surface area contributed by atoms with E-state index in [1.807, 2.05) is 19.9 Å². The number of rotatable bonds is 15. The molecule has 0 aromatic heterocycles. The molecule has 166 valence electrons. The predicted octanol–water partition coefficient (Wildman–Crippen LogP) is 5.74. The minimum absolute atomic E-state index is 0.202. The van der Waals surface area contributed by atoms with Crippen LogP contribution < -0.4 is 0 Å². The van der Waals surface area contributed by atoms with Crippen LogP contribution in [0.3, 0.4) is 0 Å². The van der Waals surface area contributed by atoms with E-state index in [0.29, 0.717) is 0 Å². The van der Waals surface area contributed by atoms with Gasteiger partial charge in [0.2, 0.25) is 0 Å². The molecule has 1 rings (SSSR count). The molecule has 1 heterocycles. The second kappa shape index (κ2) is 13.7. The van der Waals surface area contributed by atoms with Crippen molar-refractivity contribution in [1.29, 1.82) is 0 Å². The Labute approximate surface area is 173 Å². The van der Waals surface area contributed by atoms with E-state index in [-0.39, 0.29) is 6.61 Å². The topological polar surface area (TPSA) is 61.8 Å². The highest BCUT2D eigenvalue weighted by Gasteiger charge is 2.37. The first kappa shape index (κ1) is 25.6. The third-order valence-corrected chi connectivity index (χ3v) is 5.58. The predicted molar refractivity (Wildman–Crippen MR) is 115 cm³/mol. The zero-order valence-corrected chi connectivity index (χ0v) is 19.3. The average molecular weight is 419 g/mol. The van der Waals surface area contributed by atoms with E-state index in [2.05, 4.69) is 13.0 Å². The fourth-order valence-electron chi connectivity index (χ4n) is 3.44. The lowest BCUT2D eigenvalue weighted by atomic mass is 10.0. The van der Waals surface area contributed by atoms with Crippen LogP contribution in [0.5, 0.6) is 0 Å². The monoisotopic (exact) mass is 418 g/mol. The third kappa shape index (κ3) is 12.9. The lowest BCUT2D eigenvalue weighted by molar-refractivity contribution is -0.288. The van der Waals surface area contributed by atoms with Crippen LogP contribution >= 0.6 is 0 Å². The van der Waals surface area contributed by atoms with Crippen molar-refractivity contribution in [3.05, 3.63) is 12.2 Å². The highest BCUT2D eigenvalue weighted by Crippen LogP contribution is 2.26. The van der Waals surface area contributed by atoms with Gasteiger partial charge in [-0.1, -0.05) is 83.3 Å². The highest BCUT2D eigenvalue weighted by molar-refractivity contribution is 7.86. The molecule has 0 bridgehead atoms. The van der Waals surface area contributed by atoms with Gasteiger partial charge in [0.15, 0.2) is 5.79 Å². The summed E-state index contributed by atoms with van der Waals surface area (Å²) in [5.41, 5.74) is 0. The molecule has 0 unspecified atom stereocenters. The molecule has 0 N–H and O–H groups in total. The fourth-order valence-corrected chi connectivity index (χ4v) is 4.06. The summed E-state index contributed by atoms with van der Waals surface area (Å²) in [5, 5.41) is 0. The van der Waals surface area contributed by atoms with Gasteiger partial charge in [-0.25, -0.2) is 0 Å². The molecular formula is C22H42O5S. The van der Waals surface area contributed by atoms with Gasteiger partial charge >= 0.3 is 0 Å². The van der Waals surface area contributed by atoms with Gasteiger partial charge in [-0.2, -0.15) is 8.42 Å². The summed E-state index contributed by atoms with van der Waals surface area (Å²) in [4.78, 5) is 0. The fraction of sp³-hybridized carbons (Fsp3) is 0.909. The Hall–Kier alpha value is -0.430. The number of unbranched alkanes of at least 4 members (excludes halogenated alkanes) is 11. The van der Waals surface area contributed by atoms with Crippen molar-refractivity contribution >= 4 is 10.1 Å². The maximum Gasteiger partial charge on any atom is 0.264 e. The van der Waals surface area contributed by atoms with Crippen LogP contribution in [0.25, 0.3) is 0 Å². The van der Waals surface area contributed by atoms with E-state index in [9.17, 15) is 8.42 Å². The second-order valence-corrected chi connectivity index (χ2v) is 9.99. The number of ether oxygens (including phenoxy) is 2. The molecular weight excluding hydrogens is 376 g/mol. The number of allylic oxidation sites excluding steroid dienone is 1. The lowest BCUT2D eigenvalue weighted by Crippen LogP contribution is -2.49. The van der Waals surface area contributed by atoms with Crippen molar-refractivity contribution in [2.45, 2.75) is 116 Å². The molecule has 0 aromatic rings. The smallest absolute Gasteiger partial charge is 0.264 e. The summed E-state index contributed by atoms with van der Waals surface area (Å²) in [6.07, 6.45) is 19.6. The summed E-state index contributed by atoms with van der Waals surface area (Å²) >= 11 is 0. The van der Waals surface area contributed by atoms with Gasteiger partial charge in [0.25, 0.3) is 10.1 Å². The number of hydrogen-bond donors (Lipinski definition) is 0. The van der Waals surface area contributed by atoms with Crippen molar-refractivity contribution < 1.29 is 22.1 Å². The van der Waals surface area contributed by atoms with E-state index in [0.717, 1.165) is 19.1 Å². The highest BCUT2D eigenvalue weighted by atomic mass is 32.2. The molecule has 1 aliphatic rings. The van der Waals surface area contributed by atoms with Gasteiger partial charge in [0.1, 0.15) is 12.2 Å². The van der Waals surface area contributed by atoms with Crippen LogP contribution in [0, 0.1) is 0 Å². The lowest BCUT2D eigenvalue weighted by Gasteiger charge is -2.39. The minimum atomic E-state index is -3.55.